The van der Waals surface area contributed by atoms with Crippen LogP contribution in [0.2, 0.25) is 0 Å². The first kappa shape index (κ1) is 50.1. The summed E-state index contributed by atoms with van der Waals surface area (Å²) in [5, 5.41) is 10.2. The van der Waals surface area contributed by atoms with Crippen molar-refractivity contribution in [2.75, 3.05) is 50.1 Å². The summed E-state index contributed by atoms with van der Waals surface area (Å²) in [5.74, 6) is 1.04. The number of aldehydes is 1. The van der Waals surface area contributed by atoms with Gasteiger partial charge in [-0.15, -0.1) is 0 Å². The third kappa shape index (κ3) is 15.1. The molecule has 2 saturated heterocycles. The van der Waals surface area contributed by atoms with Gasteiger partial charge in [0.15, 0.2) is 12.1 Å². The molecule has 7 rings (SSSR count). The van der Waals surface area contributed by atoms with E-state index in [1.165, 1.54) is 13.3 Å². The van der Waals surface area contributed by atoms with Gasteiger partial charge >= 0.3 is 6.01 Å². The highest BCUT2D eigenvalue weighted by Gasteiger charge is 2.39. The van der Waals surface area contributed by atoms with Crippen LogP contribution in [0.5, 0.6) is 6.01 Å². The number of carbonyl (C=O) groups excluding carboxylic acids is 5. The molecule has 0 spiro atoms. The highest BCUT2D eigenvalue weighted by atomic mass is 16.5. The topological polar surface area (TPSA) is 169 Å². The van der Waals surface area contributed by atoms with E-state index in [0.717, 1.165) is 112 Å². The minimum atomic E-state index is -0.130. The Morgan fingerprint density at radius 3 is 2.32 bits per heavy atom. The lowest BCUT2D eigenvalue weighted by Gasteiger charge is -2.37. The normalized spacial score (nSPS) is 17.8. The number of piperazine rings is 1. The number of methoxy groups -OCH3 is 1. The zero-order valence-corrected chi connectivity index (χ0v) is 39.2. The predicted molar refractivity (Wildman–Crippen MR) is 255 cm³/mol. The molecule has 3 atom stereocenters. The SMILES string of the molecule is CC.CCC1CCC(=O)NC1=O.COc1nc(-c2ccc(NCCCCCCCCC(=O)N3CCN(c4cccc(C=O)c4C(C)=O)CC3)cc2)cc(C2CC2CCCn2cccn2)n1. The minimum Gasteiger partial charge on any atom is -0.467 e. The molecule has 0 radical (unpaired) electrons. The summed E-state index contributed by atoms with van der Waals surface area (Å²) in [6.45, 7) is 11.9. The van der Waals surface area contributed by atoms with Crippen LogP contribution in [0.4, 0.5) is 11.4 Å². The van der Waals surface area contributed by atoms with Gasteiger partial charge < -0.3 is 19.9 Å². The van der Waals surface area contributed by atoms with Gasteiger partial charge in [-0.3, -0.25) is 34.0 Å². The van der Waals surface area contributed by atoms with E-state index >= 15 is 0 Å². The maximum absolute atomic E-state index is 12.9. The summed E-state index contributed by atoms with van der Waals surface area (Å²) >= 11 is 0. The van der Waals surface area contributed by atoms with Gasteiger partial charge in [-0.1, -0.05) is 70.7 Å². The van der Waals surface area contributed by atoms with Crippen molar-refractivity contribution in [3.8, 4) is 17.3 Å². The van der Waals surface area contributed by atoms with Gasteiger partial charge in [0, 0.05) is 98.8 Å². The van der Waals surface area contributed by atoms with Crippen molar-refractivity contribution in [1.82, 2.24) is 30.0 Å². The van der Waals surface area contributed by atoms with Crippen LogP contribution in [0.15, 0.2) is 67.0 Å². The molecule has 1 aliphatic carbocycles. The molecule has 4 heterocycles. The number of nitrogens with one attached hydrogen (secondary N) is 2. The second-order valence-electron chi connectivity index (χ2n) is 16.9. The number of anilines is 2. The van der Waals surface area contributed by atoms with Crippen LogP contribution in [0.1, 0.15) is 143 Å². The van der Waals surface area contributed by atoms with Crippen LogP contribution in [0.25, 0.3) is 11.3 Å². The summed E-state index contributed by atoms with van der Waals surface area (Å²) in [6, 6.07) is 18.4. The zero-order chi connectivity index (χ0) is 46.6. The summed E-state index contributed by atoms with van der Waals surface area (Å²) < 4.78 is 7.47. The Hall–Kier alpha value is -5.92. The molecule has 4 aromatic rings. The van der Waals surface area contributed by atoms with Crippen molar-refractivity contribution in [1.29, 1.82) is 0 Å². The second kappa shape index (κ2) is 26.1. The van der Waals surface area contributed by atoms with E-state index < -0.39 is 0 Å². The van der Waals surface area contributed by atoms with Crippen LogP contribution < -0.4 is 20.3 Å². The predicted octanol–water partition coefficient (Wildman–Crippen LogP) is 8.91. The number of aryl methyl sites for hydroxylation is 1. The Bertz CT molecular complexity index is 2130. The summed E-state index contributed by atoms with van der Waals surface area (Å²) in [5.41, 5.74) is 5.80. The first-order chi connectivity index (χ1) is 31.7. The molecule has 3 amide bonds. The molecule has 3 fully saturated rings. The highest BCUT2D eigenvalue weighted by Crippen LogP contribution is 2.50. The number of piperidine rings is 1. The lowest BCUT2D eigenvalue weighted by atomic mass is 9.96. The van der Waals surface area contributed by atoms with E-state index in [4.69, 9.17) is 9.72 Å². The first-order valence-electron chi connectivity index (χ1n) is 23.9. The Balaban J connectivity index is 0.000000579. The van der Waals surface area contributed by atoms with Crippen LogP contribution in [0.3, 0.4) is 0 Å². The Labute approximate surface area is 385 Å². The molecule has 3 unspecified atom stereocenters. The molecule has 14 nitrogen and oxygen atoms in total. The van der Waals surface area contributed by atoms with Crippen LogP contribution in [-0.2, 0) is 20.9 Å². The van der Waals surface area contributed by atoms with Crippen LogP contribution >= 0.6 is 0 Å². The number of ether oxygens (including phenoxy) is 1. The van der Waals surface area contributed by atoms with E-state index in [0.29, 0.717) is 68.0 Å². The number of hydrogen-bond donors (Lipinski definition) is 2. The fraction of sp³-hybridized carbons (Fsp3) is 0.529. The lowest BCUT2D eigenvalue weighted by Crippen LogP contribution is -2.49. The molecular formula is C51H70N8O6. The van der Waals surface area contributed by atoms with E-state index in [1.54, 1.807) is 13.2 Å². The Morgan fingerprint density at radius 1 is 0.923 bits per heavy atom. The first-order valence-corrected chi connectivity index (χ1v) is 23.9. The van der Waals surface area contributed by atoms with Crippen molar-refractivity contribution in [3.05, 3.63) is 83.8 Å². The van der Waals surface area contributed by atoms with Crippen LogP contribution in [0, 0.1) is 11.8 Å². The Morgan fingerprint density at radius 2 is 1.66 bits per heavy atom. The van der Waals surface area contributed by atoms with Gasteiger partial charge in [0.25, 0.3) is 0 Å². The number of carbonyl (C=O) groups is 5. The monoisotopic (exact) mass is 891 g/mol. The van der Waals surface area contributed by atoms with E-state index in [1.807, 2.05) is 60.9 Å². The average Bonchev–Trinajstić information content (AvgIpc) is 3.92. The molecule has 2 aliphatic heterocycles. The van der Waals surface area contributed by atoms with Crippen LogP contribution in [-0.4, -0.2) is 94.3 Å². The lowest BCUT2D eigenvalue weighted by molar-refractivity contribution is -0.136. The van der Waals surface area contributed by atoms with Crippen molar-refractivity contribution >= 4 is 41.2 Å². The number of imide groups is 1. The quantitative estimate of drug-likeness (QED) is 0.0355. The fourth-order valence-corrected chi connectivity index (χ4v) is 8.63. The largest absolute Gasteiger partial charge is 0.467 e. The van der Waals surface area contributed by atoms with E-state index in [-0.39, 0.29) is 29.4 Å². The maximum Gasteiger partial charge on any atom is 0.316 e. The molecular weight excluding hydrogens is 821 g/mol. The van der Waals surface area contributed by atoms with Crippen molar-refractivity contribution in [2.45, 2.75) is 124 Å². The molecule has 3 aliphatic rings. The van der Waals surface area contributed by atoms with Gasteiger partial charge in [-0.25, -0.2) is 0 Å². The number of amides is 3. The van der Waals surface area contributed by atoms with Gasteiger partial charge in [-0.05, 0) is 88.1 Å². The van der Waals surface area contributed by atoms with Gasteiger partial charge in [-0.2, -0.15) is 15.1 Å². The number of aromatic nitrogens is 4. The van der Waals surface area contributed by atoms with Gasteiger partial charge in [0.05, 0.1) is 24.1 Å². The number of rotatable bonds is 21. The third-order valence-corrected chi connectivity index (χ3v) is 12.4. The fourth-order valence-electron chi connectivity index (χ4n) is 8.63. The summed E-state index contributed by atoms with van der Waals surface area (Å²) in [7, 11) is 1.63. The highest BCUT2D eigenvalue weighted by molar-refractivity contribution is 6.06. The third-order valence-electron chi connectivity index (χ3n) is 12.4. The van der Waals surface area contributed by atoms with Crippen molar-refractivity contribution < 1.29 is 28.7 Å². The number of benzene rings is 2. The van der Waals surface area contributed by atoms with Gasteiger partial charge in [0.2, 0.25) is 17.7 Å². The number of hydrogen-bond acceptors (Lipinski definition) is 11. The molecule has 65 heavy (non-hydrogen) atoms. The van der Waals surface area contributed by atoms with E-state index in [9.17, 15) is 24.0 Å². The number of unbranched alkanes of at least 4 members (excludes halogenated alkanes) is 5. The number of Topliss-reactive ketones (excluding diaryl/α,β-unsaturated/α-hetero) is 1. The second-order valence-corrected chi connectivity index (χ2v) is 16.9. The molecule has 0 bridgehead atoms. The van der Waals surface area contributed by atoms with Crippen molar-refractivity contribution in [3.63, 3.8) is 0 Å². The standard InChI is InChI=1S/C42H53N7O4.C7H11NO2.C2H6/c1-31(51)41-34(30-50)12-9-14-39(41)47-24-26-48(27-25-47)40(52)15-7-5-3-4-6-8-20-43-35-18-16-32(17-19-35)37-29-38(46-42(45-37)53-2)36-28-33(36)13-10-22-49-23-11-21-44-49;1-2-5-3-4-6(9)8-7(5)10;1-2/h9,11-12,14,16-19,21,23,29-30,33,36,43H,3-8,10,13,15,20,22,24-28H2,1-2H3;5H,2-4H2,1H3,(H,8,9,10);1-2H3. The number of ketones is 1. The molecule has 350 valence electrons. The molecule has 2 N–H and O–H groups in total. The molecule has 14 heteroatoms. The Kier molecular flexibility index (Phi) is 20.1. The zero-order valence-electron chi connectivity index (χ0n) is 39.2. The smallest absolute Gasteiger partial charge is 0.316 e. The molecule has 1 saturated carbocycles. The van der Waals surface area contributed by atoms with Crippen molar-refractivity contribution in [2.24, 2.45) is 11.8 Å². The molecule has 2 aromatic carbocycles. The maximum atomic E-state index is 12.9. The summed E-state index contributed by atoms with van der Waals surface area (Å²) in [6.07, 6.45) is 17.2. The van der Waals surface area contributed by atoms with Gasteiger partial charge in [0.1, 0.15) is 0 Å². The minimum absolute atomic E-state index is 0.0673. The van der Waals surface area contributed by atoms with E-state index in [2.05, 4.69) is 55.9 Å². The molecule has 2 aromatic heterocycles. The number of nitrogens with zero attached hydrogens (tertiary/aromatic N) is 6. The summed E-state index contributed by atoms with van der Waals surface area (Å²) in [4.78, 5) is 71.5. The average molecular weight is 891 g/mol.